The van der Waals surface area contributed by atoms with Crippen molar-refractivity contribution < 1.29 is 13.9 Å². The summed E-state index contributed by atoms with van der Waals surface area (Å²) in [6.07, 6.45) is 0. The van der Waals surface area contributed by atoms with Crippen LogP contribution in [0.5, 0.6) is 0 Å². The molecular formula is C13H11BrFN3O2. The van der Waals surface area contributed by atoms with Crippen molar-refractivity contribution in [3.8, 4) is 0 Å². The number of hydrogen-bond donors (Lipinski definition) is 2. The van der Waals surface area contributed by atoms with Crippen LogP contribution in [0, 0.1) is 5.82 Å². The zero-order valence-corrected chi connectivity index (χ0v) is 12.1. The minimum absolute atomic E-state index is 0.127. The Balaban J connectivity index is 2.35. The third kappa shape index (κ3) is 3.05. The number of aromatic nitrogens is 1. The molecule has 20 heavy (non-hydrogen) atoms. The van der Waals surface area contributed by atoms with Gasteiger partial charge in [0.1, 0.15) is 5.82 Å². The summed E-state index contributed by atoms with van der Waals surface area (Å²) in [5.41, 5.74) is 6.85. The number of rotatable bonds is 3. The number of nitrogens with zero attached hydrogens (tertiary/aromatic N) is 1. The van der Waals surface area contributed by atoms with Gasteiger partial charge >= 0.3 is 5.97 Å². The molecule has 1 aromatic carbocycles. The number of carbonyl (C=O) groups excluding carboxylic acids is 1. The van der Waals surface area contributed by atoms with Crippen LogP contribution in [-0.2, 0) is 4.74 Å². The molecule has 7 heteroatoms. The summed E-state index contributed by atoms with van der Waals surface area (Å²) < 4.78 is 18.1. The maximum absolute atomic E-state index is 13.0. The van der Waals surface area contributed by atoms with Crippen molar-refractivity contribution in [2.24, 2.45) is 0 Å². The van der Waals surface area contributed by atoms with Crippen molar-refractivity contribution in [3.63, 3.8) is 0 Å². The zero-order valence-electron chi connectivity index (χ0n) is 10.5. The van der Waals surface area contributed by atoms with Gasteiger partial charge in [-0.1, -0.05) is 0 Å². The van der Waals surface area contributed by atoms with Crippen LogP contribution in [-0.4, -0.2) is 18.1 Å². The summed E-state index contributed by atoms with van der Waals surface area (Å²) in [6.45, 7) is 0. The first-order valence-electron chi connectivity index (χ1n) is 5.58. The molecule has 2 aromatic rings. The lowest BCUT2D eigenvalue weighted by Crippen LogP contribution is -2.08. The van der Waals surface area contributed by atoms with Gasteiger partial charge in [-0.2, -0.15) is 0 Å². The van der Waals surface area contributed by atoms with Gasteiger partial charge in [0.2, 0.25) is 0 Å². The van der Waals surface area contributed by atoms with Gasteiger partial charge in [-0.25, -0.2) is 14.2 Å². The second kappa shape index (κ2) is 5.87. The SMILES string of the molecule is COC(=O)c1ccc(N)c(Nc2ccc(F)cc2Br)n1. The van der Waals surface area contributed by atoms with Gasteiger partial charge in [-0.3, -0.25) is 0 Å². The Bertz CT molecular complexity index is 664. The van der Waals surface area contributed by atoms with Crippen molar-refractivity contribution in [2.75, 3.05) is 18.2 Å². The molecule has 0 spiro atoms. The molecule has 0 saturated carbocycles. The molecule has 1 heterocycles. The average Bonchev–Trinajstić information content (AvgIpc) is 2.43. The van der Waals surface area contributed by atoms with Gasteiger partial charge in [0.05, 0.1) is 18.5 Å². The molecule has 3 N–H and O–H groups in total. The minimum Gasteiger partial charge on any atom is -0.464 e. The highest BCUT2D eigenvalue weighted by atomic mass is 79.9. The predicted octanol–water partition coefficient (Wildman–Crippen LogP) is 3.10. The molecule has 0 fully saturated rings. The Morgan fingerprint density at radius 3 is 2.80 bits per heavy atom. The predicted molar refractivity (Wildman–Crippen MR) is 77.4 cm³/mol. The van der Waals surface area contributed by atoms with Crippen LogP contribution >= 0.6 is 15.9 Å². The number of ether oxygens (including phenoxy) is 1. The van der Waals surface area contributed by atoms with Crippen molar-refractivity contribution in [1.82, 2.24) is 4.98 Å². The second-order valence-corrected chi connectivity index (χ2v) is 4.73. The highest BCUT2D eigenvalue weighted by Gasteiger charge is 2.11. The Hall–Kier alpha value is -2.15. The molecular weight excluding hydrogens is 329 g/mol. The topological polar surface area (TPSA) is 77.2 Å². The van der Waals surface area contributed by atoms with E-state index in [1.54, 1.807) is 6.07 Å². The van der Waals surface area contributed by atoms with Gasteiger partial charge < -0.3 is 15.8 Å². The van der Waals surface area contributed by atoms with Gasteiger partial charge in [-0.05, 0) is 46.3 Å². The quantitative estimate of drug-likeness (QED) is 0.840. The maximum Gasteiger partial charge on any atom is 0.356 e. The van der Waals surface area contributed by atoms with Gasteiger partial charge in [-0.15, -0.1) is 0 Å². The van der Waals surface area contributed by atoms with Crippen molar-refractivity contribution >= 4 is 39.1 Å². The highest BCUT2D eigenvalue weighted by molar-refractivity contribution is 9.10. The Morgan fingerprint density at radius 2 is 2.15 bits per heavy atom. The van der Waals surface area contributed by atoms with E-state index in [4.69, 9.17) is 5.73 Å². The molecule has 0 atom stereocenters. The molecule has 2 rings (SSSR count). The normalized spacial score (nSPS) is 10.2. The van der Waals surface area contributed by atoms with Gasteiger partial charge in [0.25, 0.3) is 0 Å². The first kappa shape index (κ1) is 14.3. The molecule has 0 unspecified atom stereocenters. The number of nitrogens with one attached hydrogen (secondary N) is 1. The van der Waals surface area contributed by atoms with Crippen LogP contribution in [0.2, 0.25) is 0 Å². The third-order valence-corrected chi connectivity index (χ3v) is 3.16. The third-order valence-electron chi connectivity index (χ3n) is 2.51. The number of nitrogen functional groups attached to an aromatic ring is 1. The van der Waals surface area contributed by atoms with Crippen LogP contribution in [0.25, 0.3) is 0 Å². The number of hydrogen-bond acceptors (Lipinski definition) is 5. The lowest BCUT2D eigenvalue weighted by molar-refractivity contribution is 0.0594. The van der Waals surface area contributed by atoms with E-state index in [0.29, 0.717) is 21.7 Å². The number of esters is 1. The summed E-state index contributed by atoms with van der Waals surface area (Å²) in [6, 6.07) is 7.15. The molecule has 0 amide bonds. The maximum atomic E-state index is 13.0. The summed E-state index contributed by atoms with van der Waals surface area (Å²) in [7, 11) is 1.27. The van der Waals surface area contributed by atoms with E-state index in [0.717, 1.165) is 0 Å². The fourth-order valence-corrected chi connectivity index (χ4v) is 1.96. The van der Waals surface area contributed by atoms with E-state index >= 15 is 0 Å². The summed E-state index contributed by atoms with van der Waals surface area (Å²) in [4.78, 5) is 15.5. The highest BCUT2D eigenvalue weighted by Crippen LogP contribution is 2.28. The van der Waals surface area contributed by atoms with Crippen LogP contribution in [0.3, 0.4) is 0 Å². The summed E-state index contributed by atoms with van der Waals surface area (Å²) in [5, 5.41) is 2.93. The zero-order chi connectivity index (χ0) is 14.7. The number of halogens is 2. The first-order chi connectivity index (χ1) is 9.51. The number of benzene rings is 1. The summed E-state index contributed by atoms with van der Waals surface area (Å²) >= 11 is 3.23. The average molecular weight is 340 g/mol. The second-order valence-electron chi connectivity index (χ2n) is 3.88. The molecule has 0 aliphatic rings. The Morgan fingerprint density at radius 1 is 1.40 bits per heavy atom. The summed E-state index contributed by atoms with van der Waals surface area (Å²) in [5.74, 6) is -0.641. The smallest absolute Gasteiger partial charge is 0.356 e. The number of pyridine rings is 1. The van der Waals surface area contributed by atoms with Crippen molar-refractivity contribution in [1.29, 1.82) is 0 Å². The molecule has 0 saturated heterocycles. The molecule has 104 valence electrons. The number of anilines is 3. The molecule has 0 aliphatic carbocycles. The van der Waals surface area contributed by atoms with Crippen molar-refractivity contribution in [2.45, 2.75) is 0 Å². The molecule has 0 aliphatic heterocycles. The van der Waals surface area contributed by atoms with E-state index in [9.17, 15) is 9.18 Å². The first-order valence-corrected chi connectivity index (χ1v) is 6.37. The molecule has 5 nitrogen and oxygen atoms in total. The molecule has 0 radical (unpaired) electrons. The van der Waals surface area contributed by atoms with E-state index < -0.39 is 5.97 Å². The number of methoxy groups -OCH3 is 1. The van der Waals surface area contributed by atoms with E-state index in [1.165, 1.54) is 31.4 Å². The standard InChI is InChI=1S/C13H11BrFN3O2/c1-20-13(19)11-5-3-9(16)12(18-11)17-10-4-2-7(15)6-8(10)14/h2-6H,16H2,1H3,(H,17,18). The Kier molecular flexibility index (Phi) is 4.19. The molecule has 1 aromatic heterocycles. The number of nitrogens with two attached hydrogens (primary N) is 1. The van der Waals surface area contributed by atoms with E-state index in [1.807, 2.05) is 0 Å². The lowest BCUT2D eigenvalue weighted by Gasteiger charge is -2.11. The van der Waals surface area contributed by atoms with Gasteiger partial charge in [0, 0.05) is 4.47 Å². The van der Waals surface area contributed by atoms with Gasteiger partial charge in [0.15, 0.2) is 11.5 Å². The van der Waals surface area contributed by atoms with E-state index in [2.05, 4.69) is 31.0 Å². The number of carbonyl (C=O) groups is 1. The van der Waals surface area contributed by atoms with Crippen LogP contribution in [0.4, 0.5) is 21.6 Å². The fraction of sp³-hybridized carbons (Fsp3) is 0.0769. The van der Waals surface area contributed by atoms with Crippen LogP contribution in [0.15, 0.2) is 34.8 Å². The van der Waals surface area contributed by atoms with Crippen molar-refractivity contribution in [3.05, 3.63) is 46.3 Å². The van der Waals surface area contributed by atoms with Crippen LogP contribution in [0.1, 0.15) is 10.5 Å². The lowest BCUT2D eigenvalue weighted by atomic mass is 10.3. The van der Waals surface area contributed by atoms with E-state index in [-0.39, 0.29) is 11.5 Å². The Labute approximate surface area is 123 Å². The molecule has 0 bridgehead atoms. The largest absolute Gasteiger partial charge is 0.464 e. The monoisotopic (exact) mass is 339 g/mol. The minimum atomic E-state index is -0.564. The fourth-order valence-electron chi connectivity index (χ4n) is 1.51. The van der Waals surface area contributed by atoms with Crippen LogP contribution < -0.4 is 11.1 Å².